The molecule has 8 unspecified atom stereocenters. The molecule has 0 saturated carbocycles. The highest BCUT2D eigenvalue weighted by Gasteiger charge is 2.37. The number of esters is 1. The molecule has 0 amide bonds. The number of rotatable bonds is 10. The number of cyclic esters (lactones) is 1. The van der Waals surface area contributed by atoms with Crippen LogP contribution < -0.4 is 0 Å². The smallest absolute Gasteiger partial charge is 0.334 e. The average molecular weight is 632 g/mol. The molecule has 0 aromatic carbocycles. The summed E-state index contributed by atoms with van der Waals surface area (Å²) in [6.07, 6.45) is 9.58. The van der Waals surface area contributed by atoms with Crippen molar-refractivity contribution in [2.24, 2.45) is 5.92 Å². The summed E-state index contributed by atoms with van der Waals surface area (Å²) in [5.41, 5.74) is 2.53. The molecule has 0 spiro atoms. The highest BCUT2D eigenvalue weighted by molar-refractivity contribution is 7.09. The minimum absolute atomic E-state index is 0.0510. The molecule has 0 saturated heterocycles. The lowest BCUT2D eigenvalue weighted by Crippen LogP contribution is -2.47. The monoisotopic (exact) mass is 631 g/mol. The van der Waals surface area contributed by atoms with E-state index in [1.54, 1.807) is 44.2 Å². The molecule has 0 radical (unpaired) electrons. The normalized spacial score (nSPS) is 29.4. The van der Waals surface area contributed by atoms with Crippen LogP contribution in [-0.2, 0) is 9.53 Å². The quantitative estimate of drug-likeness (QED) is 0.125. The zero-order chi connectivity index (χ0) is 32.8. The maximum absolute atomic E-state index is 13.7. The first-order valence-corrected chi connectivity index (χ1v) is 16.7. The molecule has 8 atom stereocenters. The van der Waals surface area contributed by atoms with Crippen molar-refractivity contribution in [1.29, 1.82) is 0 Å². The molecule has 44 heavy (non-hydrogen) atoms. The molecule has 2 rings (SSSR count). The molecule has 0 fully saturated rings. The number of unbranched alkanes of at least 4 members (excludes halogenated alkanes) is 3. The van der Waals surface area contributed by atoms with Crippen molar-refractivity contribution in [3.8, 4) is 0 Å². The van der Waals surface area contributed by atoms with Gasteiger partial charge in [0.1, 0.15) is 0 Å². The van der Waals surface area contributed by atoms with Crippen molar-refractivity contribution >= 4 is 23.4 Å². The van der Waals surface area contributed by atoms with Gasteiger partial charge >= 0.3 is 5.97 Å². The van der Waals surface area contributed by atoms with Crippen molar-refractivity contribution in [3.05, 3.63) is 69.3 Å². The zero-order valence-electron chi connectivity index (χ0n) is 27.1. The molecule has 1 aromatic heterocycles. The zero-order valence-corrected chi connectivity index (χ0v) is 27.9. The number of aromatic nitrogens is 1. The SMILES string of the molecule is C/C=C(C)/C=C(\C)C(O)C(C)C(O)C1OC(=O)/C(CCCCCC)=C/c2csc(n2)C(C)C(O)CC(O)/C=C/C=C\CC1O. The molecule has 0 aliphatic carbocycles. The fourth-order valence-corrected chi connectivity index (χ4v) is 5.94. The fraction of sp³-hybridized carbons (Fsp3) is 0.600. The third-order valence-electron chi connectivity index (χ3n) is 8.20. The molecular weight excluding hydrogens is 578 g/mol. The standard InChI is InChI=1S/C35H53NO7S/c1-7-9-10-12-15-26-19-27-21-44-34(36-27)24(5)30(39)20-28(37)16-13-11-14-17-29(38)33(43-35(26)42)32(41)25(6)31(40)23(4)18-22(3)8-2/h8,11,13-14,16,18-19,21,24-25,28-33,37-41H,7,9-10,12,15,17,20H2,1-6H3/b14-11-,16-13+,22-8+,23-18+,26-19+. The Balaban J connectivity index is 2.50. The van der Waals surface area contributed by atoms with Crippen LogP contribution in [0.3, 0.4) is 0 Å². The number of carbonyl (C=O) groups is 1. The third kappa shape index (κ3) is 11.8. The number of nitrogens with zero attached hydrogens (tertiary/aromatic N) is 1. The number of carbonyl (C=O) groups excluding carboxylic acids is 1. The molecule has 5 N–H and O–H groups in total. The highest BCUT2D eigenvalue weighted by atomic mass is 32.1. The van der Waals surface area contributed by atoms with Gasteiger partial charge < -0.3 is 30.3 Å². The Hall–Kier alpha value is -2.40. The van der Waals surface area contributed by atoms with Crippen molar-refractivity contribution in [2.75, 3.05) is 0 Å². The number of hydrogen-bond acceptors (Lipinski definition) is 9. The minimum Gasteiger partial charge on any atom is -0.453 e. The van der Waals surface area contributed by atoms with E-state index in [1.165, 1.54) is 11.3 Å². The lowest BCUT2D eigenvalue weighted by molar-refractivity contribution is -0.165. The van der Waals surface area contributed by atoms with Gasteiger partial charge in [-0.15, -0.1) is 11.3 Å². The van der Waals surface area contributed by atoms with E-state index in [2.05, 4.69) is 11.9 Å². The summed E-state index contributed by atoms with van der Waals surface area (Å²) in [6.45, 7) is 11.2. The number of thiazole rings is 1. The van der Waals surface area contributed by atoms with Gasteiger partial charge in [-0.1, -0.05) is 82.1 Å². The van der Waals surface area contributed by atoms with Gasteiger partial charge in [0.2, 0.25) is 0 Å². The predicted molar refractivity (Wildman–Crippen MR) is 177 cm³/mol. The van der Waals surface area contributed by atoms with Crippen molar-refractivity contribution < 1.29 is 35.1 Å². The summed E-state index contributed by atoms with van der Waals surface area (Å²) in [7, 11) is 0. The van der Waals surface area contributed by atoms with E-state index in [0.717, 1.165) is 31.3 Å². The first kappa shape index (κ1) is 37.8. The fourth-order valence-electron chi connectivity index (χ4n) is 5.05. The van der Waals surface area contributed by atoms with Crippen molar-refractivity contribution in [1.82, 2.24) is 4.98 Å². The van der Waals surface area contributed by atoms with E-state index in [4.69, 9.17) is 4.74 Å². The summed E-state index contributed by atoms with van der Waals surface area (Å²) in [6, 6.07) is 0. The Morgan fingerprint density at radius 2 is 1.86 bits per heavy atom. The number of hydrogen-bond donors (Lipinski definition) is 5. The highest BCUT2D eigenvalue weighted by Crippen LogP contribution is 2.29. The molecule has 2 heterocycles. The number of aliphatic hydroxyl groups excluding tert-OH is 5. The number of ether oxygens (including phenoxy) is 1. The van der Waals surface area contributed by atoms with Gasteiger partial charge in [-0.25, -0.2) is 9.78 Å². The second-order valence-corrected chi connectivity index (χ2v) is 12.8. The van der Waals surface area contributed by atoms with Crippen LogP contribution in [0.1, 0.15) is 103 Å². The maximum atomic E-state index is 13.7. The molecule has 1 aromatic rings. The summed E-state index contributed by atoms with van der Waals surface area (Å²) in [5.74, 6) is -1.73. The Labute approximate surface area is 267 Å². The van der Waals surface area contributed by atoms with E-state index in [0.29, 0.717) is 28.3 Å². The summed E-state index contributed by atoms with van der Waals surface area (Å²) in [5, 5.41) is 57.3. The first-order valence-electron chi connectivity index (χ1n) is 15.8. The van der Waals surface area contributed by atoms with Crippen molar-refractivity contribution in [3.63, 3.8) is 0 Å². The summed E-state index contributed by atoms with van der Waals surface area (Å²) < 4.78 is 5.89. The molecule has 2 bridgehead atoms. The minimum atomic E-state index is -1.37. The summed E-state index contributed by atoms with van der Waals surface area (Å²) in [4.78, 5) is 18.3. The van der Waals surface area contributed by atoms with Gasteiger partial charge in [-0.2, -0.15) is 0 Å². The Kier molecular flexibility index (Phi) is 16.5. The first-order chi connectivity index (χ1) is 20.9. The topological polar surface area (TPSA) is 140 Å². The van der Waals surface area contributed by atoms with Crippen molar-refractivity contribution in [2.45, 2.75) is 129 Å². The molecule has 1 aliphatic heterocycles. The van der Waals surface area contributed by atoms with Crippen LogP contribution in [0.4, 0.5) is 0 Å². The lowest BCUT2D eigenvalue weighted by atomic mass is 9.87. The molecule has 9 heteroatoms. The number of fused-ring (bicyclic) bond motifs is 2. The largest absolute Gasteiger partial charge is 0.453 e. The Morgan fingerprint density at radius 1 is 1.14 bits per heavy atom. The molecule has 8 nitrogen and oxygen atoms in total. The number of allylic oxidation sites excluding steroid dienone is 5. The van der Waals surface area contributed by atoms with Crippen LogP contribution in [0.15, 0.2) is 58.6 Å². The third-order valence-corrected chi connectivity index (χ3v) is 9.27. The van der Waals surface area contributed by atoms with Crippen LogP contribution in [-0.4, -0.2) is 73.1 Å². The van der Waals surface area contributed by atoms with Gasteiger partial charge in [0, 0.05) is 29.2 Å². The predicted octanol–water partition coefficient (Wildman–Crippen LogP) is 5.77. The van der Waals surface area contributed by atoms with Gasteiger partial charge in [0.25, 0.3) is 0 Å². The summed E-state index contributed by atoms with van der Waals surface area (Å²) >= 11 is 1.37. The van der Waals surface area contributed by atoms with Crippen LogP contribution in [0.5, 0.6) is 0 Å². The van der Waals surface area contributed by atoms with E-state index >= 15 is 0 Å². The second-order valence-electron chi connectivity index (χ2n) is 12.0. The van der Waals surface area contributed by atoms with Gasteiger partial charge in [0.05, 0.1) is 41.2 Å². The van der Waals surface area contributed by atoms with E-state index in [9.17, 15) is 30.3 Å². The van der Waals surface area contributed by atoms with Gasteiger partial charge in [-0.05, 0) is 51.7 Å². The maximum Gasteiger partial charge on any atom is 0.334 e. The van der Waals surface area contributed by atoms with Crippen LogP contribution in [0.25, 0.3) is 6.08 Å². The Bertz CT molecular complexity index is 1180. The second kappa shape index (κ2) is 19.2. The van der Waals surface area contributed by atoms with E-state index in [1.807, 2.05) is 38.3 Å². The van der Waals surface area contributed by atoms with Gasteiger partial charge in [0.15, 0.2) is 6.10 Å². The van der Waals surface area contributed by atoms with Crippen LogP contribution in [0.2, 0.25) is 0 Å². The van der Waals surface area contributed by atoms with E-state index < -0.39 is 48.5 Å². The molecule has 246 valence electrons. The Morgan fingerprint density at radius 3 is 2.55 bits per heavy atom. The molecule has 1 aliphatic rings. The van der Waals surface area contributed by atoms with E-state index in [-0.39, 0.29) is 18.8 Å². The van der Waals surface area contributed by atoms with Gasteiger partial charge in [-0.3, -0.25) is 0 Å². The van der Waals surface area contributed by atoms with Crippen LogP contribution in [0, 0.1) is 5.92 Å². The van der Waals surface area contributed by atoms with Crippen LogP contribution >= 0.6 is 11.3 Å². The number of aliphatic hydroxyl groups is 5. The lowest BCUT2D eigenvalue weighted by Gasteiger charge is -2.33. The molecular formula is C35H53NO7S. The average Bonchev–Trinajstić information content (AvgIpc) is 3.47.